The minimum atomic E-state index is -1.11. The smallest absolute Gasteiger partial charge is 0.253 e. The first-order valence-electron chi connectivity index (χ1n) is 9.80. The number of rotatable bonds is 5. The molecule has 6 heteroatoms. The number of hydrogen-bond donors (Lipinski definition) is 1. The zero-order chi connectivity index (χ0) is 20.3. The fourth-order valence-corrected chi connectivity index (χ4v) is 3.97. The van der Waals surface area contributed by atoms with Gasteiger partial charge in [-0.05, 0) is 42.7 Å². The number of carbonyl (C=O) groups is 1. The molecule has 2 aromatic carbocycles. The van der Waals surface area contributed by atoms with Gasteiger partial charge in [0.2, 0.25) is 0 Å². The van der Waals surface area contributed by atoms with E-state index < -0.39 is 5.60 Å². The van der Waals surface area contributed by atoms with Crippen LogP contribution in [0.15, 0.2) is 67.0 Å². The molecule has 1 fully saturated rings. The second kappa shape index (κ2) is 8.09. The molecule has 150 valence electrons. The van der Waals surface area contributed by atoms with Crippen LogP contribution in [0, 0.1) is 0 Å². The number of nitrogens with zero attached hydrogens (tertiary/aromatic N) is 3. The summed E-state index contributed by atoms with van der Waals surface area (Å²) in [6.07, 6.45) is 4.99. The van der Waals surface area contributed by atoms with Crippen molar-refractivity contribution in [1.29, 1.82) is 0 Å². The van der Waals surface area contributed by atoms with Crippen LogP contribution in [0.2, 0.25) is 0 Å². The molecule has 1 atom stereocenters. The lowest BCUT2D eigenvalue weighted by atomic mass is 9.85. The molecule has 1 aliphatic rings. The van der Waals surface area contributed by atoms with Gasteiger partial charge in [0.15, 0.2) is 0 Å². The van der Waals surface area contributed by atoms with E-state index in [0.29, 0.717) is 30.8 Å². The van der Waals surface area contributed by atoms with Gasteiger partial charge >= 0.3 is 0 Å². The molecule has 0 bridgehead atoms. The van der Waals surface area contributed by atoms with Gasteiger partial charge in [-0.2, -0.15) is 5.10 Å². The van der Waals surface area contributed by atoms with Crippen molar-refractivity contribution < 1.29 is 14.6 Å². The Morgan fingerprint density at radius 2 is 1.97 bits per heavy atom. The van der Waals surface area contributed by atoms with Gasteiger partial charge in [0.1, 0.15) is 11.4 Å². The number of β-amino-alcohol motifs (C(OH)–C–C–N with tert-alkyl or cyclic N) is 1. The van der Waals surface area contributed by atoms with Crippen LogP contribution in [0.4, 0.5) is 0 Å². The molecule has 0 radical (unpaired) electrons. The molecule has 0 spiro atoms. The quantitative estimate of drug-likeness (QED) is 0.726. The van der Waals surface area contributed by atoms with E-state index >= 15 is 0 Å². The Labute approximate surface area is 170 Å². The highest BCUT2D eigenvalue weighted by Gasteiger charge is 2.38. The maximum absolute atomic E-state index is 13.1. The van der Waals surface area contributed by atoms with Crippen molar-refractivity contribution in [2.45, 2.75) is 25.0 Å². The van der Waals surface area contributed by atoms with Crippen molar-refractivity contribution in [2.75, 3.05) is 20.2 Å². The monoisotopic (exact) mass is 391 g/mol. The molecule has 0 aliphatic carbocycles. The van der Waals surface area contributed by atoms with Gasteiger partial charge in [0, 0.05) is 30.1 Å². The van der Waals surface area contributed by atoms with Crippen molar-refractivity contribution in [2.24, 2.45) is 0 Å². The van der Waals surface area contributed by atoms with Crippen LogP contribution >= 0.6 is 0 Å². The fourth-order valence-electron chi connectivity index (χ4n) is 3.97. The summed E-state index contributed by atoms with van der Waals surface area (Å²) < 4.78 is 7.27. The van der Waals surface area contributed by atoms with Crippen LogP contribution in [0.3, 0.4) is 0 Å². The summed E-state index contributed by atoms with van der Waals surface area (Å²) in [4.78, 5) is 14.8. The predicted molar refractivity (Wildman–Crippen MR) is 110 cm³/mol. The molecular formula is C23H25N3O3. The number of carbonyl (C=O) groups excluding carboxylic acids is 1. The van der Waals surface area contributed by atoms with Crippen molar-refractivity contribution in [3.8, 4) is 5.75 Å². The summed E-state index contributed by atoms with van der Waals surface area (Å²) in [7, 11) is 1.60. The summed E-state index contributed by atoms with van der Waals surface area (Å²) in [6, 6.07) is 16.9. The molecule has 3 aromatic rings. The van der Waals surface area contributed by atoms with E-state index in [1.54, 1.807) is 18.2 Å². The lowest BCUT2D eigenvalue weighted by Crippen LogP contribution is -2.48. The number of amides is 1. The minimum Gasteiger partial charge on any atom is -0.496 e. The SMILES string of the molecule is COc1ccccc1[C@]1(O)CCCN(C(=O)c2ccc(Cn3cccn3)cc2)C1. The van der Waals surface area contributed by atoms with Crippen LogP contribution in [-0.2, 0) is 12.1 Å². The Kier molecular flexibility index (Phi) is 5.36. The Balaban J connectivity index is 1.50. The first kappa shape index (κ1) is 19.2. The average molecular weight is 391 g/mol. The van der Waals surface area contributed by atoms with E-state index in [-0.39, 0.29) is 12.5 Å². The van der Waals surface area contributed by atoms with Gasteiger partial charge in [-0.25, -0.2) is 0 Å². The normalized spacial score (nSPS) is 19.2. The van der Waals surface area contributed by atoms with E-state index in [9.17, 15) is 9.90 Å². The number of hydrogen-bond acceptors (Lipinski definition) is 4. The molecule has 6 nitrogen and oxygen atoms in total. The van der Waals surface area contributed by atoms with Crippen molar-refractivity contribution in [3.05, 3.63) is 83.7 Å². The minimum absolute atomic E-state index is 0.0661. The third-order valence-electron chi connectivity index (χ3n) is 5.47. The fraction of sp³-hybridized carbons (Fsp3) is 0.304. The molecule has 29 heavy (non-hydrogen) atoms. The van der Waals surface area contributed by atoms with Gasteiger partial charge in [-0.1, -0.05) is 30.3 Å². The van der Waals surface area contributed by atoms with Crippen molar-refractivity contribution in [3.63, 3.8) is 0 Å². The van der Waals surface area contributed by atoms with Gasteiger partial charge in [-0.3, -0.25) is 9.48 Å². The summed E-state index contributed by atoms with van der Waals surface area (Å²) in [5, 5.41) is 15.5. The Bertz CT molecular complexity index is 969. The number of aromatic nitrogens is 2. The molecule has 1 N–H and O–H groups in total. The highest BCUT2D eigenvalue weighted by Crippen LogP contribution is 2.37. The van der Waals surface area contributed by atoms with Crippen LogP contribution < -0.4 is 4.74 Å². The number of ether oxygens (including phenoxy) is 1. The van der Waals surface area contributed by atoms with Gasteiger partial charge in [0.05, 0.1) is 20.2 Å². The second-order valence-corrected chi connectivity index (χ2v) is 7.46. The standard InChI is InChI=1S/C23H25N3O3/c1-29-21-7-3-2-6-20(21)23(28)12-4-14-25(17-23)22(27)19-10-8-18(9-11-19)16-26-15-5-13-24-26/h2-3,5-11,13,15,28H,4,12,14,16-17H2,1H3/t23-/m0/s1. The number of para-hydroxylation sites is 1. The molecule has 4 rings (SSSR count). The second-order valence-electron chi connectivity index (χ2n) is 7.46. The average Bonchev–Trinajstić information content (AvgIpc) is 3.27. The third-order valence-corrected chi connectivity index (χ3v) is 5.47. The molecule has 0 unspecified atom stereocenters. The van der Waals surface area contributed by atoms with Crippen LogP contribution in [0.5, 0.6) is 5.75 Å². The number of methoxy groups -OCH3 is 1. The van der Waals surface area contributed by atoms with Crippen LogP contribution in [0.25, 0.3) is 0 Å². The number of piperidine rings is 1. The summed E-state index contributed by atoms with van der Waals surface area (Å²) in [6.45, 7) is 1.55. The Hall–Kier alpha value is -3.12. The molecule has 0 saturated carbocycles. The third kappa shape index (κ3) is 4.03. The molecule has 1 aromatic heterocycles. The molecule has 2 heterocycles. The van der Waals surface area contributed by atoms with Crippen LogP contribution in [-0.4, -0.2) is 45.9 Å². The van der Waals surface area contributed by atoms with E-state index in [2.05, 4.69) is 5.10 Å². The number of benzene rings is 2. The molecule has 1 aliphatic heterocycles. The Morgan fingerprint density at radius 3 is 2.69 bits per heavy atom. The summed E-state index contributed by atoms with van der Waals surface area (Å²) >= 11 is 0. The largest absolute Gasteiger partial charge is 0.496 e. The summed E-state index contributed by atoms with van der Waals surface area (Å²) in [5.41, 5.74) is 1.32. The molecular weight excluding hydrogens is 366 g/mol. The highest BCUT2D eigenvalue weighted by molar-refractivity contribution is 5.94. The van der Waals surface area contributed by atoms with Crippen molar-refractivity contribution in [1.82, 2.24) is 14.7 Å². The summed E-state index contributed by atoms with van der Waals surface area (Å²) in [5.74, 6) is 0.580. The first-order chi connectivity index (χ1) is 14.1. The first-order valence-corrected chi connectivity index (χ1v) is 9.80. The highest BCUT2D eigenvalue weighted by atomic mass is 16.5. The maximum Gasteiger partial charge on any atom is 0.253 e. The van der Waals surface area contributed by atoms with Gasteiger partial charge < -0.3 is 14.7 Å². The molecule has 1 saturated heterocycles. The maximum atomic E-state index is 13.1. The van der Waals surface area contributed by atoms with E-state index in [0.717, 1.165) is 17.5 Å². The van der Waals surface area contributed by atoms with Crippen molar-refractivity contribution >= 4 is 5.91 Å². The predicted octanol–water partition coefficient (Wildman–Crippen LogP) is 3.06. The van der Waals surface area contributed by atoms with Gasteiger partial charge in [-0.15, -0.1) is 0 Å². The Morgan fingerprint density at radius 1 is 1.17 bits per heavy atom. The topological polar surface area (TPSA) is 67.6 Å². The van der Waals surface area contributed by atoms with E-state index in [4.69, 9.17) is 4.74 Å². The van der Waals surface area contributed by atoms with E-state index in [1.807, 2.05) is 65.5 Å². The lowest BCUT2D eigenvalue weighted by molar-refractivity contribution is -0.0303. The zero-order valence-electron chi connectivity index (χ0n) is 16.5. The van der Waals surface area contributed by atoms with E-state index in [1.165, 1.54) is 0 Å². The van der Waals surface area contributed by atoms with Crippen LogP contribution in [0.1, 0.15) is 34.3 Å². The number of likely N-dealkylation sites (tertiary alicyclic amines) is 1. The lowest BCUT2D eigenvalue weighted by Gasteiger charge is -2.40. The van der Waals surface area contributed by atoms with Gasteiger partial charge in [0.25, 0.3) is 5.91 Å². The molecule has 1 amide bonds. The zero-order valence-corrected chi connectivity index (χ0v) is 16.5. The number of aliphatic hydroxyl groups is 1.